The predicted octanol–water partition coefficient (Wildman–Crippen LogP) is 2.24. The Kier molecular flexibility index (Phi) is 4.33. The second-order valence-electron chi connectivity index (χ2n) is 5.41. The van der Waals surface area contributed by atoms with Crippen molar-refractivity contribution in [1.82, 2.24) is 20.0 Å². The van der Waals surface area contributed by atoms with Crippen LogP contribution in [0.25, 0.3) is 0 Å². The smallest absolute Gasteiger partial charge is 0.290 e. The van der Waals surface area contributed by atoms with E-state index in [1.165, 1.54) is 0 Å². The molecule has 3 aromatic rings. The van der Waals surface area contributed by atoms with Crippen molar-refractivity contribution in [2.75, 3.05) is 7.11 Å². The van der Waals surface area contributed by atoms with Gasteiger partial charge in [-0.25, -0.2) is 4.98 Å². The molecule has 0 saturated carbocycles. The molecule has 1 unspecified atom stereocenters. The highest BCUT2D eigenvalue weighted by atomic mass is 16.5. The maximum absolute atomic E-state index is 12.5. The molecular formula is C17H18N4O3. The van der Waals surface area contributed by atoms with Gasteiger partial charge in [0.1, 0.15) is 17.6 Å². The van der Waals surface area contributed by atoms with Crippen LogP contribution in [0.15, 0.2) is 47.2 Å². The van der Waals surface area contributed by atoms with Gasteiger partial charge in [-0.15, -0.1) is 0 Å². The van der Waals surface area contributed by atoms with E-state index < -0.39 is 6.04 Å². The van der Waals surface area contributed by atoms with Crippen LogP contribution in [0.5, 0.6) is 5.75 Å². The van der Waals surface area contributed by atoms with E-state index in [1.807, 2.05) is 42.1 Å². The second-order valence-corrected chi connectivity index (χ2v) is 5.41. The lowest BCUT2D eigenvalue weighted by atomic mass is 10.1. The Labute approximate surface area is 139 Å². The van der Waals surface area contributed by atoms with Gasteiger partial charge in [0.25, 0.3) is 5.91 Å². The van der Waals surface area contributed by atoms with Crippen molar-refractivity contribution < 1.29 is 14.1 Å². The zero-order valence-electron chi connectivity index (χ0n) is 13.7. The molecule has 7 nitrogen and oxygen atoms in total. The molecule has 1 aromatic carbocycles. The normalized spacial score (nSPS) is 12.0. The standard InChI is InChI=1S/C17H18N4O3/c1-11-9-14(24-20-11)17(22)19-15(16-18-7-8-21(16)2)12-5-4-6-13(10-12)23-3/h4-10,15H,1-3H3,(H,19,22). The van der Waals surface area contributed by atoms with Gasteiger partial charge in [0, 0.05) is 25.5 Å². The van der Waals surface area contributed by atoms with Crippen LogP contribution in [-0.4, -0.2) is 27.7 Å². The molecule has 3 rings (SSSR count). The van der Waals surface area contributed by atoms with Gasteiger partial charge in [-0.3, -0.25) is 4.79 Å². The Morgan fingerprint density at radius 2 is 2.21 bits per heavy atom. The molecule has 2 heterocycles. The van der Waals surface area contributed by atoms with Crippen LogP contribution < -0.4 is 10.1 Å². The average molecular weight is 326 g/mol. The highest BCUT2D eigenvalue weighted by Gasteiger charge is 2.23. The Morgan fingerprint density at radius 1 is 1.38 bits per heavy atom. The topological polar surface area (TPSA) is 82.2 Å². The lowest BCUT2D eigenvalue weighted by Gasteiger charge is -2.19. The molecule has 24 heavy (non-hydrogen) atoms. The van der Waals surface area contributed by atoms with Crippen molar-refractivity contribution in [3.8, 4) is 5.75 Å². The van der Waals surface area contributed by atoms with Crippen molar-refractivity contribution in [2.45, 2.75) is 13.0 Å². The van der Waals surface area contributed by atoms with Gasteiger partial charge in [0.15, 0.2) is 0 Å². The van der Waals surface area contributed by atoms with Crippen LogP contribution in [0.3, 0.4) is 0 Å². The molecule has 1 amide bonds. The zero-order chi connectivity index (χ0) is 17.1. The minimum Gasteiger partial charge on any atom is -0.497 e. The van der Waals surface area contributed by atoms with E-state index in [0.29, 0.717) is 17.3 Å². The highest BCUT2D eigenvalue weighted by Crippen LogP contribution is 2.24. The van der Waals surface area contributed by atoms with Gasteiger partial charge in [-0.2, -0.15) is 0 Å². The van der Waals surface area contributed by atoms with Crippen molar-refractivity contribution >= 4 is 5.91 Å². The molecule has 2 aromatic heterocycles. The molecule has 124 valence electrons. The Morgan fingerprint density at radius 3 is 2.83 bits per heavy atom. The zero-order valence-corrected chi connectivity index (χ0v) is 13.7. The fourth-order valence-electron chi connectivity index (χ4n) is 2.45. The number of methoxy groups -OCH3 is 1. The number of benzene rings is 1. The molecule has 1 N–H and O–H groups in total. The second kappa shape index (κ2) is 6.57. The summed E-state index contributed by atoms with van der Waals surface area (Å²) in [4.78, 5) is 16.9. The number of carbonyl (C=O) groups is 1. The van der Waals surface area contributed by atoms with Crippen LogP contribution >= 0.6 is 0 Å². The van der Waals surface area contributed by atoms with Crippen LogP contribution in [0.4, 0.5) is 0 Å². The van der Waals surface area contributed by atoms with Crippen molar-refractivity contribution in [2.24, 2.45) is 7.05 Å². The number of amides is 1. The number of hydrogen-bond acceptors (Lipinski definition) is 5. The van der Waals surface area contributed by atoms with E-state index in [4.69, 9.17) is 9.26 Å². The van der Waals surface area contributed by atoms with Crippen LogP contribution in [0, 0.1) is 6.92 Å². The molecule has 0 saturated heterocycles. The minimum absolute atomic E-state index is 0.162. The summed E-state index contributed by atoms with van der Waals surface area (Å²) in [5.41, 5.74) is 1.50. The first-order chi connectivity index (χ1) is 11.6. The number of ether oxygens (including phenoxy) is 1. The SMILES string of the molecule is COc1cccc(C(NC(=O)c2cc(C)no2)c2nccn2C)c1. The summed E-state index contributed by atoms with van der Waals surface area (Å²) in [7, 11) is 3.48. The predicted molar refractivity (Wildman–Crippen MR) is 86.8 cm³/mol. The Balaban J connectivity index is 1.96. The third-order valence-electron chi connectivity index (χ3n) is 3.67. The van der Waals surface area contributed by atoms with E-state index in [9.17, 15) is 4.79 Å². The van der Waals surface area contributed by atoms with Gasteiger partial charge >= 0.3 is 0 Å². The maximum Gasteiger partial charge on any atom is 0.290 e. The summed E-state index contributed by atoms with van der Waals surface area (Å²) in [5, 5.41) is 6.69. The highest BCUT2D eigenvalue weighted by molar-refractivity contribution is 5.91. The fraction of sp³-hybridized carbons (Fsp3) is 0.235. The fourth-order valence-corrected chi connectivity index (χ4v) is 2.45. The van der Waals surface area contributed by atoms with Gasteiger partial charge in [-0.05, 0) is 24.6 Å². The molecule has 0 aliphatic rings. The first-order valence-electron chi connectivity index (χ1n) is 7.44. The van der Waals surface area contributed by atoms with Gasteiger partial charge in [0.2, 0.25) is 5.76 Å². The first-order valence-corrected chi connectivity index (χ1v) is 7.44. The number of hydrogen-bond donors (Lipinski definition) is 1. The molecule has 0 spiro atoms. The van der Waals surface area contributed by atoms with Crippen molar-refractivity contribution in [1.29, 1.82) is 0 Å². The van der Waals surface area contributed by atoms with E-state index in [0.717, 1.165) is 5.56 Å². The van der Waals surface area contributed by atoms with Crippen LogP contribution in [0.2, 0.25) is 0 Å². The van der Waals surface area contributed by atoms with E-state index >= 15 is 0 Å². The number of nitrogens with one attached hydrogen (secondary N) is 1. The number of aryl methyl sites for hydroxylation is 2. The summed E-state index contributed by atoms with van der Waals surface area (Å²) in [6.07, 6.45) is 3.51. The summed E-state index contributed by atoms with van der Waals surface area (Å²) >= 11 is 0. The van der Waals surface area contributed by atoms with Crippen molar-refractivity contribution in [3.05, 3.63) is 65.6 Å². The van der Waals surface area contributed by atoms with E-state index in [1.54, 1.807) is 26.3 Å². The number of imidazole rings is 1. The average Bonchev–Trinajstić information content (AvgIpc) is 3.21. The summed E-state index contributed by atoms with van der Waals surface area (Å²) < 4.78 is 12.2. The number of nitrogens with zero attached hydrogens (tertiary/aromatic N) is 3. The minimum atomic E-state index is -0.446. The Bertz CT molecular complexity index is 853. The lowest BCUT2D eigenvalue weighted by Crippen LogP contribution is -2.30. The third kappa shape index (κ3) is 3.15. The molecule has 0 bridgehead atoms. The van der Waals surface area contributed by atoms with Crippen molar-refractivity contribution in [3.63, 3.8) is 0 Å². The monoisotopic (exact) mass is 326 g/mol. The molecule has 1 atom stereocenters. The van der Waals surface area contributed by atoms with E-state index in [2.05, 4.69) is 15.5 Å². The van der Waals surface area contributed by atoms with E-state index in [-0.39, 0.29) is 11.7 Å². The van der Waals surface area contributed by atoms with Gasteiger partial charge in [-0.1, -0.05) is 17.3 Å². The summed E-state index contributed by atoms with van der Waals surface area (Å²) in [5.74, 6) is 1.21. The largest absolute Gasteiger partial charge is 0.497 e. The van der Waals surface area contributed by atoms with Gasteiger partial charge in [0.05, 0.1) is 12.8 Å². The van der Waals surface area contributed by atoms with Crippen LogP contribution in [-0.2, 0) is 7.05 Å². The van der Waals surface area contributed by atoms with Gasteiger partial charge < -0.3 is 19.1 Å². The molecule has 0 aliphatic heterocycles. The lowest BCUT2D eigenvalue weighted by molar-refractivity contribution is 0.0904. The maximum atomic E-state index is 12.5. The summed E-state index contributed by atoms with van der Waals surface area (Å²) in [6.45, 7) is 1.76. The molecular weight excluding hydrogens is 308 g/mol. The molecule has 0 fully saturated rings. The quantitative estimate of drug-likeness (QED) is 0.777. The number of carbonyl (C=O) groups excluding carboxylic acids is 1. The first kappa shape index (κ1) is 15.8. The molecule has 7 heteroatoms. The molecule has 0 radical (unpaired) electrons. The number of rotatable bonds is 5. The summed E-state index contributed by atoms with van der Waals surface area (Å²) in [6, 6.07) is 8.64. The molecule has 0 aliphatic carbocycles. The number of aromatic nitrogens is 3. The third-order valence-corrected chi connectivity index (χ3v) is 3.67. The Hall–Kier alpha value is -3.09. The van der Waals surface area contributed by atoms with Crippen LogP contribution in [0.1, 0.15) is 33.7 Å².